The Bertz CT molecular complexity index is 1070. The first kappa shape index (κ1) is 16.8. The average molecular weight is 377 g/mol. The summed E-state index contributed by atoms with van der Waals surface area (Å²) in [7, 11) is 0. The van der Waals surface area contributed by atoms with E-state index in [-0.39, 0.29) is 11.5 Å². The topological polar surface area (TPSA) is 70.0 Å². The number of benzene rings is 2. The Morgan fingerprint density at radius 2 is 1.68 bits per heavy atom. The van der Waals surface area contributed by atoms with E-state index in [0.717, 1.165) is 16.0 Å². The predicted octanol–water partition coefficient (Wildman–Crippen LogP) is 2.29. The number of fused-ring (bicyclic) bond motifs is 5. The first-order chi connectivity index (χ1) is 13.5. The summed E-state index contributed by atoms with van der Waals surface area (Å²) in [6.45, 7) is 1.39. The minimum atomic E-state index is -0.891. The van der Waals surface area contributed by atoms with Crippen LogP contribution in [0.3, 0.4) is 0 Å². The van der Waals surface area contributed by atoms with E-state index in [4.69, 9.17) is 0 Å². The third kappa shape index (κ3) is 2.07. The van der Waals surface area contributed by atoms with E-state index in [9.17, 15) is 18.8 Å². The van der Waals surface area contributed by atoms with Crippen molar-refractivity contribution in [3.63, 3.8) is 0 Å². The Morgan fingerprint density at radius 3 is 2.43 bits per heavy atom. The lowest BCUT2D eigenvalue weighted by molar-refractivity contribution is -0.129. The number of para-hydroxylation sites is 1. The van der Waals surface area contributed by atoms with Gasteiger partial charge in [-0.1, -0.05) is 36.4 Å². The molecule has 0 N–H and O–H groups in total. The van der Waals surface area contributed by atoms with Crippen molar-refractivity contribution in [3.8, 4) is 0 Å². The molecular weight excluding hydrogens is 361 g/mol. The molecule has 6 nitrogen and oxygen atoms in total. The van der Waals surface area contributed by atoms with Gasteiger partial charge in [0, 0.05) is 0 Å². The molecular formula is C21H16FN3O3. The number of carbonyl (C=O) groups excluding carboxylic acids is 3. The van der Waals surface area contributed by atoms with Crippen LogP contribution in [0.4, 0.5) is 10.1 Å². The molecule has 7 heteroatoms. The second-order valence-corrected chi connectivity index (χ2v) is 7.27. The first-order valence-corrected chi connectivity index (χ1v) is 9.04. The van der Waals surface area contributed by atoms with Crippen LogP contribution >= 0.6 is 0 Å². The highest BCUT2D eigenvalue weighted by atomic mass is 19.1. The third-order valence-corrected chi connectivity index (χ3v) is 5.80. The van der Waals surface area contributed by atoms with Gasteiger partial charge in [-0.15, -0.1) is 0 Å². The number of rotatable bonds is 2. The zero-order valence-electron chi connectivity index (χ0n) is 14.9. The lowest BCUT2D eigenvalue weighted by Gasteiger charge is -2.33. The number of imide groups is 1. The lowest BCUT2D eigenvalue weighted by atomic mass is 9.84. The van der Waals surface area contributed by atoms with Crippen LogP contribution < -0.4 is 4.90 Å². The van der Waals surface area contributed by atoms with Crippen molar-refractivity contribution >= 4 is 29.5 Å². The molecule has 0 spiro atoms. The highest BCUT2D eigenvalue weighted by Gasteiger charge is 2.65. The molecule has 0 saturated carbocycles. The van der Waals surface area contributed by atoms with Crippen LogP contribution in [0.25, 0.3) is 0 Å². The largest absolute Gasteiger partial charge is 0.298 e. The second-order valence-electron chi connectivity index (χ2n) is 7.27. The Kier molecular flexibility index (Phi) is 3.49. The molecule has 5 rings (SSSR count). The van der Waals surface area contributed by atoms with Crippen LogP contribution in [0.5, 0.6) is 0 Å². The molecule has 0 aliphatic carbocycles. The van der Waals surface area contributed by atoms with Gasteiger partial charge in [-0.2, -0.15) is 5.10 Å². The van der Waals surface area contributed by atoms with E-state index in [1.54, 1.807) is 17.3 Å². The number of ketones is 1. The number of hydrazone groups is 1. The smallest absolute Gasteiger partial charge is 0.240 e. The van der Waals surface area contributed by atoms with Gasteiger partial charge in [0.15, 0.2) is 5.78 Å². The van der Waals surface area contributed by atoms with Gasteiger partial charge in [-0.3, -0.25) is 19.4 Å². The van der Waals surface area contributed by atoms with Crippen LogP contribution in [-0.4, -0.2) is 34.9 Å². The van der Waals surface area contributed by atoms with Gasteiger partial charge in [0.25, 0.3) is 0 Å². The van der Waals surface area contributed by atoms with Gasteiger partial charge in [0.2, 0.25) is 11.8 Å². The van der Waals surface area contributed by atoms with Gasteiger partial charge >= 0.3 is 0 Å². The summed E-state index contributed by atoms with van der Waals surface area (Å²) in [6.07, 6.45) is 1.65. The zero-order valence-corrected chi connectivity index (χ0v) is 14.9. The van der Waals surface area contributed by atoms with Crippen LogP contribution in [0, 0.1) is 17.7 Å². The van der Waals surface area contributed by atoms with Crippen LogP contribution in [0.15, 0.2) is 53.6 Å². The number of hydrogen-bond acceptors (Lipinski definition) is 5. The van der Waals surface area contributed by atoms with Gasteiger partial charge in [-0.05, 0) is 30.2 Å². The minimum absolute atomic E-state index is 0.0756. The molecule has 0 radical (unpaired) electrons. The number of hydrogen-bond donors (Lipinski definition) is 0. The van der Waals surface area contributed by atoms with Crippen LogP contribution in [-0.2, 0) is 14.4 Å². The second kappa shape index (κ2) is 5.82. The van der Waals surface area contributed by atoms with Crippen LogP contribution in [0.1, 0.15) is 24.1 Å². The summed E-state index contributed by atoms with van der Waals surface area (Å²) in [5.41, 5.74) is 1.61. The number of halogens is 1. The fourth-order valence-corrected chi connectivity index (χ4v) is 4.69. The fourth-order valence-electron chi connectivity index (χ4n) is 4.69. The lowest BCUT2D eigenvalue weighted by Crippen LogP contribution is -2.44. The van der Waals surface area contributed by atoms with Crippen LogP contribution in [0.2, 0.25) is 0 Å². The third-order valence-electron chi connectivity index (χ3n) is 5.80. The predicted molar refractivity (Wildman–Crippen MR) is 99.0 cm³/mol. The average Bonchev–Trinajstić information content (AvgIpc) is 3.16. The van der Waals surface area contributed by atoms with Crippen molar-refractivity contribution < 1.29 is 18.8 Å². The molecule has 0 bridgehead atoms. The first-order valence-electron chi connectivity index (χ1n) is 9.04. The summed E-state index contributed by atoms with van der Waals surface area (Å²) in [6, 6.07) is 11.8. The maximum atomic E-state index is 14.3. The molecule has 2 amide bonds. The highest BCUT2D eigenvalue weighted by Crippen LogP contribution is 2.52. The maximum absolute atomic E-state index is 14.3. The van der Waals surface area contributed by atoms with Crippen molar-refractivity contribution in [3.05, 3.63) is 65.5 Å². The monoisotopic (exact) mass is 377 g/mol. The molecule has 3 heterocycles. The van der Waals surface area contributed by atoms with Gasteiger partial charge in [0.1, 0.15) is 11.9 Å². The molecule has 0 aromatic heterocycles. The normalized spacial score (nSPS) is 27.6. The molecule has 2 aromatic rings. The summed E-state index contributed by atoms with van der Waals surface area (Å²) in [5, 5.41) is 5.97. The standard InChI is InChI=1S/C21H16FN3O3/c1-11(26)18-16-17(19-13-7-3-2-6-12(13)10-23-25(18)19)21(28)24(20(16)27)15-9-5-4-8-14(15)22/h2-10,16-19H,1H3/t16-,17+,18-,19-/m1/s1. The molecule has 28 heavy (non-hydrogen) atoms. The molecule has 4 atom stereocenters. The Morgan fingerprint density at radius 1 is 1.00 bits per heavy atom. The molecule has 2 saturated heterocycles. The Labute approximate surface area is 160 Å². The van der Waals surface area contributed by atoms with Crippen molar-refractivity contribution in [2.75, 3.05) is 4.90 Å². The summed E-state index contributed by atoms with van der Waals surface area (Å²) in [5.74, 6) is -3.63. The number of carbonyl (C=O) groups is 3. The quantitative estimate of drug-likeness (QED) is 0.753. The van der Waals surface area contributed by atoms with Crippen molar-refractivity contribution in [1.82, 2.24) is 5.01 Å². The van der Waals surface area contributed by atoms with Gasteiger partial charge in [0.05, 0.1) is 29.8 Å². The zero-order chi connectivity index (χ0) is 19.6. The number of nitrogens with zero attached hydrogens (tertiary/aromatic N) is 3. The van der Waals surface area contributed by atoms with E-state index < -0.39 is 41.6 Å². The molecule has 2 fully saturated rings. The molecule has 3 aliphatic heterocycles. The molecule has 3 aliphatic rings. The summed E-state index contributed by atoms with van der Waals surface area (Å²) < 4.78 is 14.3. The number of anilines is 1. The Balaban J connectivity index is 1.67. The summed E-state index contributed by atoms with van der Waals surface area (Å²) in [4.78, 5) is 39.9. The maximum Gasteiger partial charge on any atom is 0.240 e. The summed E-state index contributed by atoms with van der Waals surface area (Å²) >= 11 is 0. The SMILES string of the molecule is CC(=O)[C@@H]1[C@@H]2C(=O)N(c3ccccc3F)C(=O)[C@@H]2[C@H]2c3ccccc3C=NN12. The van der Waals surface area contributed by atoms with E-state index in [1.807, 2.05) is 24.3 Å². The van der Waals surface area contributed by atoms with Crippen molar-refractivity contribution in [2.24, 2.45) is 16.9 Å². The molecule has 0 unspecified atom stereocenters. The number of amides is 2. The highest BCUT2D eigenvalue weighted by molar-refractivity contribution is 6.24. The van der Waals surface area contributed by atoms with Crippen molar-refractivity contribution in [1.29, 1.82) is 0 Å². The van der Waals surface area contributed by atoms with Gasteiger partial charge in [-0.25, -0.2) is 9.29 Å². The van der Waals surface area contributed by atoms with E-state index in [0.29, 0.717) is 0 Å². The Hall–Kier alpha value is -3.35. The van der Waals surface area contributed by atoms with E-state index >= 15 is 0 Å². The molecule has 140 valence electrons. The van der Waals surface area contributed by atoms with Crippen molar-refractivity contribution in [2.45, 2.75) is 19.0 Å². The number of Topliss-reactive ketones (excluding diaryl/α,β-unsaturated/α-hetero) is 1. The molecule has 2 aromatic carbocycles. The fraction of sp³-hybridized carbons (Fsp3) is 0.238. The minimum Gasteiger partial charge on any atom is -0.298 e. The van der Waals surface area contributed by atoms with E-state index in [2.05, 4.69) is 5.10 Å². The van der Waals surface area contributed by atoms with E-state index in [1.165, 1.54) is 25.1 Å². The van der Waals surface area contributed by atoms with Gasteiger partial charge < -0.3 is 0 Å².